The largest absolute Gasteiger partial charge is 0.360 e. The van der Waals surface area contributed by atoms with Gasteiger partial charge in [-0.1, -0.05) is 24.4 Å². The minimum atomic E-state index is -0.582. The van der Waals surface area contributed by atoms with Crippen molar-refractivity contribution >= 4 is 17.6 Å². The van der Waals surface area contributed by atoms with E-state index in [9.17, 15) is 9.59 Å². The molecule has 0 aliphatic heterocycles. The van der Waals surface area contributed by atoms with Gasteiger partial charge in [-0.3, -0.25) is 9.59 Å². The smallest absolute Gasteiger partial charge is 0.247 e. The van der Waals surface area contributed by atoms with E-state index in [0.29, 0.717) is 11.6 Å². The summed E-state index contributed by atoms with van der Waals surface area (Å²) in [6, 6.07) is 1.05. The van der Waals surface area contributed by atoms with Gasteiger partial charge in [0.2, 0.25) is 11.8 Å². The van der Waals surface area contributed by atoms with Crippen molar-refractivity contribution in [3.63, 3.8) is 0 Å². The second kappa shape index (κ2) is 6.54. The first kappa shape index (κ1) is 14.6. The average Bonchev–Trinajstić information content (AvgIpc) is 2.85. The van der Waals surface area contributed by atoms with Gasteiger partial charge in [0.1, 0.15) is 11.8 Å². The lowest BCUT2D eigenvalue weighted by atomic mass is 9.88. The normalized spacial score (nSPS) is 17.5. The predicted octanol–water partition coefficient (Wildman–Crippen LogP) is 2.01. The molecule has 1 heterocycles. The van der Waals surface area contributed by atoms with E-state index in [1.807, 2.05) is 0 Å². The molecule has 0 aromatic carbocycles. The average molecular weight is 279 g/mol. The molecular formula is C14H21N3O3. The number of carbonyl (C=O) groups is 2. The standard InChI is InChI=1S/C14H21N3O3/c1-9-8-12(17-20-9)16-13(18)10(2)15-14(19)11-6-4-3-5-7-11/h8,10-11H,3-7H2,1-2H3,(H,15,19)(H,16,17,18)/t10-/m1/s1. The maximum Gasteiger partial charge on any atom is 0.247 e. The van der Waals surface area contributed by atoms with Gasteiger partial charge in [0, 0.05) is 12.0 Å². The highest BCUT2D eigenvalue weighted by Gasteiger charge is 2.24. The van der Waals surface area contributed by atoms with Crippen LogP contribution in [0.25, 0.3) is 0 Å². The monoisotopic (exact) mass is 279 g/mol. The van der Waals surface area contributed by atoms with Gasteiger partial charge in [0.25, 0.3) is 0 Å². The van der Waals surface area contributed by atoms with Gasteiger partial charge in [0.05, 0.1) is 0 Å². The zero-order valence-electron chi connectivity index (χ0n) is 11.9. The highest BCUT2D eigenvalue weighted by atomic mass is 16.5. The van der Waals surface area contributed by atoms with E-state index < -0.39 is 6.04 Å². The van der Waals surface area contributed by atoms with Crippen LogP contribution in [0.4, 0.5) is 5.82 Å². The first-order valence-electron chi connectivity index (χ1n) is 7.11. The fourth-order valence-corrected chi connectivity index (χ4v) is 2.42. The molecule has 1 saturated carbocycles. The number of amides is 2. The lowest BCUT2D eigenvalue weighted by Crippen LogP contribution is -2.44. The van der Waals surface area contributed by atoms with Crippen LogP contribution in [0.1, 0.15) is 44.8 Å². The number of aromatic nitrogens is 1. The molecule has 2 amide bonds. The van der Waals surface area contributed by atoms with Crippen LogP contribution >= 0.6 is 0 Å². The molecular weight excluding hydrogens is 258 g/mol. The summed E-state index contributed by atoms with van der Waals surface area (Å²) < 4.78 is 4.87. The summed E-state index contributed by atoms with van der Waals surface area (Å²) in [6.45, 7) is 3.42. The molecule has 1 aromatic heterocycles. The van der Waals surface area contributed by atoms with Crippen molar-refractivity contribution in [2.24, 2.45) is 5.92 Å². The van der Waals surface area contributed by atoms with Gasteiger partial charge < -0.3 is 15.2 Å². The van der Waals surface area contributed by atoms with Gasteiger partial charge in [0.15, 0.2) is 5.82 Å². The SMILES string of the molecule is Cc1cc(NC(=O)[C@@H](C)NC(=O)C2CCCCC2)no1. The number of hydrogen-bond donors (Lipinski definition) is 2. The van der Waals surface area contributed by atoms with Crippen molar-refractivity contribution < 1.29 is 14.1 Å². The third kappa shape index (κ3) is 3.82. The second-order valence-corrected chi connectivity index (χ2v) is 5.38. The van der Waals surface area contributed by atoms with E-state index >= 15 is 0 Å². The Balaban J connectivity index is 1.82. The fourth-order valence-electron chi connectivity index (χ4n) is 2.42. The zero-order chi connectivity index (χ0) is 14.5. The summed E-state index contributed by atoms with van der Waals surface area (Å²) in [5.74, 6) is 0.727. The van der Waals surface area contributed by atoms with Gasteiger partial charge in [-0.15, -0.1) is 0 Å². The first-order valence-corrected chi connectivity index (χ1v) is 7.11. The molecule has 0 radical (unpaired) electrons. The molecule has 1 aliphatic carbocycles. The third-order valence-electron chi connectivity index (χ3n) is 3.61. The molecule has 0 saturated heterocycles. The minimum Gasteiger partial charge on any atom is -0.360 e. The van der Waals surface area contributed by atoms with E-state index in [1.165, 1.54) is 6.42 Å². The summed E-state index contributed by atoms with van der Waals surface area (Å²) in [4.78, 5) is 24.0. The lowest BCUT2D eigenvalue weighted by molar-refractivity contribution is -0.129. The number of aryl methyl sites for hydroxylation is 1. The summed E-state index contributed by atoms with van der Waals surface area (Å²) in [6.07, 6.45) is 5.23. The van der Waals surface area contributed by atoms with Crippen LogP contribution in [-0.4, -0.2) is 23.0 Å². The molecule has 0 spiro atoms. The molecule has 6 heteroatoms. The van der Waals surface area contributed by atoms with Crippen molar-refractivity contribution in [3.8, 4) is 0 Å². The topological polar surface area (TPSA) is 84.2 Å². The van der Waals surface area contributed by atoms with Gasteiger partial charge in [-0.25, -0.2) is 0 Å². The summed E-state index contributed by atoms with van der Waals surface area (Å²) in [7, 11) is 0. The molecule has 1 aromatic rings. The molecule has 6 nitrogen and oxygen atoms in total. The molecule has 20 heavy (non-hydrogen) atoms. The van der Waals surface area contributed by atoms with E-state index in [0.717, 1.165) is 25.7 Å². The molecule has 110 valence electrons. The molecule has 1 aliphatic rings. The minimum absolute atomic E-state index is 0.0244. The Morgan fingerprint density at radius 1 is 1.35 bits per heavy atom. The number of carbonyl (C=O) groups excluding carboxylic acids is 2. The van der Waals surface area contributed by atoms with E-state index in [4.69, 9.17) is 4.52 Å². The molecule has 0 bridgehead atoms. The van der Waals surface area contributed by atoms with Gasteiger partial charge in [-0.2, -0.15) is 0 Å². The van der Waals surface area contributed by atoms with Crippen molar-refractivity contribution in [1.82, 2.24) is 10.5 Å². The summed E-state index contributed by atoms with van der Waals surface area (Å²) >= 11 is 0. The lowest BCUT2D eigenvalue weighted by Gasteiger charge is -2.22. The molecule has 1 atom stereocenters. The highest BCUT2D eigenvalue weighted by Crippen LogP contribution is 2.23. The fraction of sp³-hybridized carbons (Fsp3) is 0.643. The summed E-state index contributed by atoms with van der Waals surface area (Å²) in [5.41, 5.74) is 0. The quantitative estimate of drug-likeness (QED) is 0.883. The predicted molar refractivity (Wildman–Crippen MR) is 74.0 cm³/mol. The Morgan fingerprint density at radius 2 is 2.05 bits per heavy atom. The van der Waals surface area contributed by atoms with Crippen molar-refractivity contribution in [1.29, 1.82) is 0 Å². The Morgan fingerprint density at radius 3 is 2.65 bits per heavy atom. The van der Waals surface area contributed by atoms with Crippen molar-refractivity contribution in [2.45, 2.75) is 52.0 Å². The van der Waals surface area contributed by atoms with Crippen molar-refractivity contribution in [2.75, 3.05) is 5.32 Å². The van der Waals surface area contributed by atoms with Crippen LogP contribution in [0.3, 0.4) is 0 Å². The summed E-state index contributed by atoms with van der Waals surface area (Å²) in [5, 5.41) is 9.07. The Kier molecular flexibility index (Phi) is 4.76. The van der Waals surface area contributed by atoms with Crippen LogP contribution in [0.15, 0.2) is 10.6 Å². The molecule has 0 unspecified atom stereocenters. The van der Waals surface area contributed by atoms with E-state index in [1.54, 1.807) is 19.9 Å². The van der Waals surface area contributed by atoms with Crippen LogP contribution in [0.2, 0.25) is 0 Å². The number of anilines is 1. The number of hydrogen-bond acceptors (Lipinski definition) is 4. The van der Waals surface area contributed by atoms with Gasteiger partial charge in [-0.05, 0) is 26.7 Å². The Bertz CT molecular complexity index is 478. The first-order chi connectivity index (χ1) is 9.56. The molecule has 1 fully saturated rings. The van der Waals surface area contributed by atoms with E-state index in [-0.39, 0.29) is 17.7 Å². The van der Waals surface area contributed by atoms with E-state index in [2.05, 4.69) is 15.8 Å². The third-order valence-corrected chi connectivity index (χ3v) is 3.61. The Labute approximate surface area is 118 Å². The molecule has 2 N–H and O–H groups in total. The van der Waals surface area contributed by atoms with Crippen LogP contribution in [-0.2, 0) is 9.59 Å². The number of rotatable bonds is 4. The second-order valence-electron chi connectivity index (χ2n) is 5.38. The van der Waals surface area contributed by atoms with Gasteiger partial charge >= 0.3 is 0 Å². The maximum absolute atomic E-state index is 12.0. The number of nitrogens with zero attached hydrogens (tertiary/aromatic N) is 1. The number of nitrogens with one attached hydrogen (secondary N) is 2. The molecule has 2 rings (SSSR count). The Hall–Kier alpha value is -1.85. The van der Waals surface area contributed by atoms with Crippen molar-refractivity contribution in [3.05, 3.63) is 11.8 Å². The van der Waals surface area contributed by atoms with Crippen LogP contribution in [0, 0.1) is 12.8 Å². The zero-order valence-corrected chi connectivity index (χ0v) is 11.9. The highest BCUT2D eigenvalue weighted by molar-refractivity contribution is 5.96. The van der Waals surface area contributed by atoms with Crippen LogP contribution in [0.5, 0.6) is 0 Å². The van der Waals surface area contributed by atoms with Crippen LogP contribution < -0.4 is 10.6 Å². The maximum atomic E-state index is 12.0.